The van der Waals surface area contributed by atoms with Crippen molar-refractivity contribution in [1.82, 2.24) is 35.3 Å². The highest BCUT2D eigenvalue weighted by Gasteiger charge is 2.30. The molecular formula is C41H43FN10O4. The predicted octanol–water partition coefficient (Wildman–Crippen LogP) is 4.56. The molecule has 0 saturated carbocycles. The van der Waals surface area contributed by atoms with Crippen molar-refractivity contribution in [2.24, 2.45) is 5.92 Å². The molecule has 288 valence electrons. The summed E-state index contributed by atoms with van der Waals surface area (Å²) in [5.74, 6) is -2.08. The van der Waals surface area contributed by atoms with Gasteiger partial charge in [0.05, 0.1) is 17.1 Å². The molecule has 3 aromatic carbocycles. The summed E-state index contributed by atoms with van der Waals surface area (Å²) in [6.45, 7) is 4.53. The van der Waals surface area contributed by atoms with Gasteiger partial charge in [-0.1, -0.05) is 30.3 Å². The largest absolute Gasteiger partial charge is 0.371 e. The van der Waals surface area contributed by atoms with E-state index in [4.69, 9.17) is 10.8 Å². The number of nitrogens with two attached hydrogens (primary N) is 1. The number of carbonyl (C=O) groups excluding carboxylic acids is 4. The smallest absolute Gasteiger partial charge is 0.274 e. The summed E-state index contributed by atoms with van der Waals surface area (Å²) in [7, 11) is 0. The van der Waals surface area contributed by atoms with Gasteiger partial charge in [0.2, 0.25) is 17.8 Å². The number of imide groups is 1. The molecule has 3 aliphatic rings. The van der Waals surface area contributed by atoms with E-state index in [0.29, 0.717) is 11.6 Å². The molecule has 3 aliphatic heterocycles. The van der Waals surface area contributed by atoms with Gasteiger partial charge in [-0.15, -0.1) is 0 Å². The van der Waals surface area contributed by atoms with Crippen LogP contribution in [0.15, 0.2) is 79.1 Å². The number of nitrogen functional groups attached to an aromatic ring is 1. The third-order valence-corrected chi connectivity index (χ3v) is 11.1. The Morgan fingerprint density at radius 1 is 0.911 bits per heavy atom. The van der Waals surface area contributed by atoms with Crippen molar-refractivity contribution < 1.29 is 23.6 Å². The Balaban J connectivity index is 0.854. The highest BCUT2D eigenvalue weighted by atomic mass is 19.1. The van der Waals surface area contributed by atoms with E-state index >= 15 is 4.39 Å². The number of halogens is 1. The van der Waals surface area contributed by atoms with Crippen LogP contribution in [0.2, 0.25) is 0 Å². The van der Waals surface area contributed by atoms with Gasteiger partial charge in [-0.2, -0.15) is 5.10 Å². The van der Waals surface area contributed by atoms with Gasteiger partial charge in [0.1, 0.15) is 17.6 Å². The summed E-state index contributed by atoms with van der Waals surface area (Å²) in [5, 5.41) is 13.7. The molecular weight excluding hydrogens is 716 g/mol. The first-order valence-electron chi connectivity index (χ1n) is 19.1. The quantitative estimate of drug-likeness (QED) is 0.156. The van der Waals surface area contributed by atoms with E-state index in [-0.39, 0.29) is 47.9 Å². The first kappa shape index (κ1) is 36.7. The van der Waals surface area contributed by atoms with Crippen LogP contribution >= 0.6 is 0 Å². The number of likely N-dealkylation sites (tertiary alicyclic amines) is 1. The summed E-state index contributed by atoms with van der Waals surface area (Å²) < 4.78 is 17.2. The topological polar surface area (TPSA) is 180 Å². The standard InChI is InChI=1S/C41H43FN10O4/c42-32-21-29(6-7-30(32)38(54)45-33-8-9-37(53)48-40(33)56)51-18-11-25(12-19-51)23-50-16-13-28(14-17-50)52-24-27-20-36(46-39(55)34-10-15-44-41(43)47-34)31(22-35(27)49-52)26-4-2-1-3-5-26/h1-7,10,15,20-22,24-25,28,33H,8-9,11-14,16-19,23H2,(H,45,54)(H,46,55)(H2,43,44,47)(H,48,53,56)/t33-/m0/s1. The second kappa shape index (κ2) is 15.9. The molecule has 3 fully saturated rings. The van der Waals surface area contributed by atoms with Crippen molar-refractivity contribution >= 4 is 51.9 Å². The van der Waals surface area contributed by atoms with E-state index in [1.165, 1.54) is 24.4 Å². The zero-order chi connectivity index (χ0) is 38.8. The van der Waals surface area contributed by atoms with Gasteiger partial charge in [-0.05, 0) is 80.0 Å². The monoisotopic (exact) mass is 758 g/mol. The van der Waals surface area contributed by atoms with E-state index in [1.807, 2.05) is 42.5 Å². The first-order chi connectivity index (χ1) is 27.2. The maximum atomic E-state index is 15.1. The summed E-state index contributed by atoms with van der Waals surface area (Å²) >= 11 is 0. The Hall–Kier alpha value is -6.22. The highest BCUT2D eigenvalue weighted by Crippen LogP contribution is 2.34. The molecule has 15 heteroatoms. The van der Waals surface area contributed by atoms with Crippen molar-refractivity contribution in [2.45, 2.75) is 50.6 Å². The SMILES string of the molecule is Nc1nccc(C(=O)Nc2cc3cn(C4CCN(CC5CCN(c6ccc(C(=O)N[C@H]7CCC(=O)NC7=O)c(F)c6)CC5)CC4)nc3cc2-c2ccccc2)n1. The number of anilines is 3. The molecule has 3 saturated heterocycles. The summed E-state index contributed by atoms with van der Waals surface area (Å²) in [4.78, 5) is 62.0. The van der Waals surface area contributed by atoms with E-state index in [2.05, 4.69) is 46.6 Å². The van der Waals surface area contributed by atoms with Crippen LogP contribution in [0.4, 0.5) is 21.7 Å². The molecule has 0 aliphatic carbocycles. The third kappa shape index (κ3) is 8.08. The summed E-state index contributed by atoms with van der Waals surface area (Å²) in [5.41, 5.74) is 9.84. The lowest BCUT2D eigenvalue weighted by Crippen LogP contribution is -2.52. The molecule has 14 nitrogen and oxygen atoms in total. The average molecular weight is 759 g/mol. The third-order valence-electron chi connectivity index (χ3n) is 11.1. The van der Waals surface area contributed by atoms with Gasteiger partial charge in [0.15, 0.2) is 0 Å². The minimum absolute atomic E-state index is 0.0334. The van der Waals surface area contributed by atoms with Gasteiger partial charge in [-0.3, -0.25) is 29.2 Å². The normalized spacial score (nSPS) is 18.5. The maximum Gasteiger partial charge on any atom is 0.274 e. The van der Waals surface area contributed by atoms with Crippen LogP contribution in [0.1, 0.15) is 65.4 Å². The number of nitrogens with zero attached hydrogens (tertiary/aromatic N) is 6. The summed E-state index contributed by atoms with van der Waals surface area (Å²) in [6, 6.07) is 19.4. The van der Waals surface area contributed by atoms with Gasteiger partial charge in [0.25, 0.3) is 11.8 Å². The Kier molecular flexibility index (Phi) is 10.4. The minimum Gasteiger partial charge on any atom is -0.371 e. The first-order valence-corrected chi connectivity index (χ1v) is 19.1. The second-order valence-corrected chi connectivity index (χ2v) is 14.8. The van der Waals surface area contributed by atoms with Crippen molar-refractivity contribution in [1.29, 1.82) is 0 Å². The van der Waals surface area contributed by atoms with Gasteiger partial charge in [0, 0.05) is 73.9 Å². The predicted molar refractivity (Wildman–Crippen MR) is 209 cm³/mol. The average Bonchev–Trinajstić information content (AvgIpc) is 3.62. The van der Waals surface area contributed by atoms with Crippen LogP contribution in [0.3, 0.4) is 0 Å². The lowest BCUT2D eigenvalue weighted by atomic mass is 9.94. The van der Waals surface area contributed by atoms with Crippen molar-refractivity contribution in [2.75, 3.05) is 48.7 Å². The van der Waals surface area contributed by atoms with Crippen LogP contribution in [-0.4, -0.2) is 87.0 Å². The van der Waals surface area contributed by atoms with E-state index in [9.17, 15) is 19.2 Å². The second-order valence-electron chi connectivity index (χ2n) is 14.8. The molecule has 1 atom stereocenters. The minimum atomic E-state index is -0.863. The molecule has 2 aromatic heterocycles. The van der Waals surface area contributed by atoms with E-state index in [1.54, 1.807) is 6.07 Å². The fourth-order valence-electron chi connectivity index (χ4n) is 7.98. The number of carbonyl (C=O) groups is 4. The fourth-order valence-corrected chi connectivity index (χ4v) is 7.98. The number of nitrogens with one attached hydrogen (secondary N) is 3. The van der Waals surface area contributed by atoms with Gasteiger partial charge in [-0.25, -0.2) is 14.4 Å². The summed E-state index contributed by atoms with van der Waals surface area (Å²) in [6.07, 6.45) is 7.76. The van der Waals surface area contributed by atoms with Crippen molar-refractivity contribution in [3.05, 3.63) is 96.2 Å². The maximum absolute atomic E-state index is 15.1. The zero-order valence-electron chi connectivity index (χ0n) is 30.8. The number of aromatic nitrogens is 4. The molecule has 0 unspecified atom stereocenters. The number of hydrogen-bond donors (Lipinski definition) is 4. The Morgan fingerprint density at radius 2 is 1.70 bits per heavy atom. The van der Waals surface area contributed by atoms with Gasteiger partial charge < -0.3 is 26.2 Å². The molecule has 5 N–H and O–H groups in total. The number of rotatable bonds is 9. The molecule has 0 radical (unpaired) electrons. The van der Waals surface area contributed by atoms with Crippen molar-refractivity contribution in [3.63, 3.8) is 0 Å². The molecule has 5 aromatic rings. The zero-order valence-corrected chi connectivity index (χ0v) is 30.8. The van der Waals surface area contributed by atoms with E-state index in [0.717, 1.165) is 86.1 Å². The number of fused-ring (bicyclic) bond motifs is 1. The lowest BCUT2D eigenvalue weighted by molar-refractivity contribution is -0.134. The lowest BCUT2D eigenvalue weighted by Gasteiger charge is -2.38. The van der Waals surface area contributed by atoms with Crippen LogP contribution in [0, 0.1) is 11.7 Å². The molecule has 4 amide bonds. The van der Waals surface area contributed by atoms with Crippen LogP contribution in [0.25, 0.3) is 22.0 Å². The van der Waals surface area contributed by atoms with Crippen molar-refractivity contribution in [3.8, 4) is 11.1 Å². The Bertz CT molecular complexity index is 2280. The highest BCUT2D eigenvalue weighted by molar-refractivity contribution is 6.07. The number of amides is 4. The number of benzene rings is 3. The van der Waals surface area contributed by atoms with Crippen LogP contribution in [0.5, 0.6) is 0 Å². The molecule has 5 heterocycles. The molecule has 0 bridgehead atoms. The Morgan fingerprint density at radius 3 is 2.43 bits per heavy atom. The molecule has 8 rings (SSSR count). The van der Waals surface area contributed by atoms with Crippen LogP contribution < -0.4 is 26.6 Å². The fraction of sp³-hybridized carbons (Fsp3) is 0.341. The number of hydrogen-bond acceptors (Lipinski definition) is 10. The van der Waals surface area contributed by atoms with E-state index < -0.39 is 23.7 Å². The molecule has 56 heavy (non-hydrogen) atoms. The Labute approximate surface area is 322 Å². The van der Waals surface area contributed by atoms with Crippen LogP contribution in [-0.2, 0) is 9.59 Å². The van der Waals surface area contributed by atoms with Gasteiger partial charge >= 0.3 is 0 Å². The number of piperidine rings is 3. The molecule has 0 spiro atoms.